The molecular formula is C33H38N6O3S. The molecule has 0 spiro atoms. The molecule has 1 heterocycles. The Bertz CT molecular complexity index is 1560. The fourth-order valence-corrected chi connectivity index (χ4v) is 5.22. The zero-order valence-corrected chi connectivity index (χ0v) is 25.4. The van der Waals surface area contributed by atoms with Crippen molar-refractivity contribution in [2.75, 3.05) is 13.1 Å². The molecule has 0 radical (unpaired) electrons. The Morgan fingerprint density at radius 2 is 1.91 bits per heavy atom. The number of imidazole rings is 1. The van der Waals surface area contributed by atoms with E-state index in [0.717, 1.165) is 23.2 Å². The Balaban J connectivity index is 1.49. The van der Waals surface area contributed by atoms with Crippen LogP contribution in [0.2, 0.25) is 0 Å². The number of thiocarbonyl (C=S) groups is 1. The number of carbonyl (C=O) groups excluding carboxylic acids is 1. The highest BCUT2D eigenvalue weighted by Gasteiger charge is 2.24. The van der Waals surface area contributed by atoms with Crippen LogP contribution < -0.4 is 10.6 Å². The van der Waals surface area contributed by atoms with Crippen molar-refractivity contribution in [3.8, 4) is 0 Å². The van der Waals surface area contributed by atoms with Gasteiger partial charge in [0.05, 0.1) is 17.7 Å². The predicted octanol–water partition coefficient (Wildman–Crippen LogP) is 5.63. The first-order valence-corrected chi connectivity index (χ1v) is 14.8. The summed E-state index contributed by atoms with van der Waals surface area (Å²) in [5, 5.41) is 20.5. The van der Waals surface area contributed by atoms with Gasteiger partial charge in [0.2, 0.25) is 5.91 Å². The summed E-state index contributed by atoms with van der Waals surface area (Å²) in [5.74, 6) is 0.0945. The van der Waals surface area contributed by atoms with Crippen LogP contribution >= 0.6 is 12.2 Å². The van der Waals surface area contributed by atoms with Crippen LogP contribution in [0, 0.1) is 16.0 Å². The number of nitro benzene ring substituents is 1. The number of nitrogens with one attached hydrogen (secondary N) is 2. The number of amides is 1. The van der Waals surface area contributed by atoms with Crippen molar-refractivity contribution in [1.29, 1.82) is 0 Å². The van der Waals surface area contributed by atoms with Crippen LogP contribution in [0.15, 0.2) is 91.9 Å². The number of nitrogens with zero attached hydrogens (tertiary/aromatic N) is 4. The third-order valence-corrected chi connectivity index (χ3v) is 8.06. The van der Waals surface area contributed by atoms with Crippen molar-refractivity contribution < 1.29 is 9.72 Å². The maximum absolute atomic E-state index is 13.4. The second-order valence-electron chi connectivity index (χ2n) is 10.7. The molecule has 43 heavy (non-hydrogen) atoms. The lowest BCUT2D eigenvalue weighted by Crippen LogP contribution is -2.51. The summed E-state index contributed by atoms with van der Waals surface area (Å²) in [5.41, 5.74) is 2.84. The van der Waals surface area contributed by atoms with Gasteiger partial charge in [-0.05, 0) is 40.0 Å². The Hall–Kier alpha value is -4.57. The van der Waals surface area contributed by atoms with Crippen LogP contribution in [0.3, 0.4) is 0 Å². The van der Waals surface area contributed by atoms with Crippen LogP contribution in [0.4, 0.5) is 5.69 Å². The third-order valence-electron chi connectivity index (χ3n) is 7.66. The minimum Gasteiger partial charge on any atom is -0.359 e. The molecule has 9 nitrogen and oxygen atoms in total. The van der Waals surface area contributed by atoms with Crippen molar-refractivity contribution >= 4 is 39.7 Å². The van der Waals surface area contributed by atoms with E-state index >= 15 is 0 Å². The summed E-state index contributed by atoms with van der Waals surface area (Å²) < 4.78 is 1.89. The number of benzene rings is 3. The molecule has 1 aromatic heterocycles. The van der Waals surface area contributed by atoms with E-state index in [-0.39, 0.29) is 30.0 Å². The molecule has 0 fully saturated rings. The summed E-state index contributed by atoms with van der Waals surface area (Å²) in [6.45, 7) is 10.2. The van der Waals surface area contributed by atoms with Gasteiger partial charge in [-0.1, -0.05) is 80.9 Å². The van der Waals surface area contributed by atoms with E-state index in [0.29, 0.717) is 31.3 Å². The Labute approximate surface area is 257 Å². The van der Waals surface area contributed by atoms with Crippen LogP contribution in [-0.2, 0) is 24.3 Å². The van der Waals surface area contributed by atoms with E-state index in [9.17, 15) is 14.9 Å². The number of hydrogen-bond donors (Lipinski definition) is 2. The maximum Gasteiger partial charge on any atom is 0.269 e. The van der Waals surface area contributed by atoms with Crippen molar-refractivity contribution in [3.63, 3.8) is 0 Å². The monoisotopic (exact) mass is 598 g/mol. The molecule has 1 amide bonds. The number of nitro groups is 1. The first-order valence-electron chi connectivity index (χ1n) is 14.4. The summed E-state index contributed by atoms with van der Waals surface area (Å²) in [7, 11) is 0. The normalized spacial score (nSPS) is 12.3. The molecule has 4 rings (SSSR count). The lowest BCUT2D eigenvalue weighted by atomic mass is 9.97. The number of rotatable bonds is 14. The molecule has 0 bridgehead atoms. The fourth-order valence-electron chi connectivity index (χ4n) is 5.00. The van der Waals surface area contributed by atoms with E-state index in [4.69, 9.17) is 12.2 Å². The molecule has 2 N–H and O–H groups in total. The van der Waals surface area contributed by atoms with Crippen LogP contribution in [0.5, 0.6) is 0 Å². The highest BCUT2D eigenvalue weighted by molar-refractivity contribution is 7.80. The zero-order valence-electron chi connectivity index (χ0n) is 24.6. The zero-order chi connectivity index (χ0) is 30.8. The molecule has 0 saturated carbocycles. The molecule has 0 aliphatic heterocycles. The molecule has 10 heteroatoms. The van der Waals surface area contributed by atoms with E-state index in [1.165, 1.54) is 22.9 Å². The Morgan fingerprint density at radius 1 is 1.16 bits per heavy atom. The second kappa shape index (κ2) is 15.1. The number of aromatic nitrogens is 2. The largest absolute Gasteiger partial charge is 0.359 e. The number of carbonyl (C=O) groups is 1. The SMILES string of the molecule is C=CCNC(=S)N(Cc1cccc2ccccc12)C[C@@H](NC(=O)Cc1cncn1Cc1ccc([N+](=O)[O-])cc1)[C@@H](C)CC. The average Bonchev–Trinajstić information content (AvgIpc) is 3.44. The summed E-state index contributed by atoms with van der Waals surface area (Å²) in [6.07, 6.45) is 6.17. The lowest BCUT2D eigenvalue weighted by Gasteiger charge is -2.33. The highest BCUT2D eigenvalue weighted by atomic mass is 32.1. The van der Waals surface area contributed by atoms with Gasteiger partial charge in [0.25, 0.3) is 5.69 Å². The Morgan fingerprint density at radius 3 is 2.63 bits per heavy atom. The van der Waals surface area contributed by atoms with E-state index < -0.39 is 4.92 Å². The van der Waals surface area contributed by atoms with Gasteiger partial charge < -0.3 is 20.1 Å². The average molecular weight is 599 g/mol. The van der Waals surface area contributed by atoms with Gasteiger partial charge in [0, 0.05) is 56.2 Å². The summed E-state index contributed by atoms with van der Waals surface area (Å²) in [4.78, 5) is 30.4. The number of hydrogen-bond acceptors (Lipinski definition) is 5. The van der Waals surface area contributed by atoms with Crippen molar-refractivity contribution in [2.24, 2.45) is 5.92 Å². The third kappa shape index (κ3) is 8.48. The van der Waals surface area contributed by atoms with Gasteiger partial charge >= 0.3 is 0 Å². The molecule has 4 aromatic rings. The van der Waals surface area contributed by atoms with Crippen LogP contribution in [0.25, 0.3) is 10.8 Å². The summed E-state index contributed by atoms with van der Waals surface area (Å²) in [6, 6.07) is 20.8. The van der Waals surface area contributed by atoms with Gasteiger partial charge in [0.15, 0.2) is 5.11 Å². The van der Waals surface area contributed by atoms with Crippen molar-refractivity contribution in [2.45, 2.75) is 45.8 Å². The van der Waals surface area contributed by atoms with Gasteiger partial charge in [0.1, 0.15) is 0 Å². The topological polar surface area (TPSA) is 105 Å². The molecule has 224 valence electrons. The molecule has 3 aromatic carbocycles. The highest BCUT2D eigenvalue weighted by Crippen LogP contribution is 2.21. The maximum atomic E-state index is 13.4. The second-order valence-corrected chi connectivity index (χ2v) is 11.1. The molecule has 0 aliphatic carbocycles. The van der Waals surface area contributed by atoms with Gasteiger partial charge in [-0.25, -0.2) is 4.98 Å². The molecule has 2 atom stereocenters. The van der Waals surface area contributed by atoms with E-state index in [1.54, 1.807) is 30.7 Å². The van der Waals surface area contributed by atoms with Crippen molar-refractivity contribution in [1.82, 2.24) is 25.1 Å². The van der Waals surface area contributed by atoms with Crippen LogP contribution in [0.1, 0.15) is 37.1 Å². The minimum absolute atomic E-state index is 0.0405. The van der Waals surface area contributed by atoms with Gasteiger partial charge in [-0.15, -0.1) is 6.58 Å². The van der Waals surface area contributed by atoms with Crippen molar-refractivity contribution in [3.05, 3.63) is 119 Å². The fraction of sp³-hybridized carbons (Fsp3) is 0.303. The smallest absolute Gasteiger partial charge is 0.269 e. The van der Waals surface area contributed by atoms with E-state index in [2.05, 4.69) is 71.3 Å². The van der Waals surface area contributed by atoms with Gasteiger partial charge in [-0.3, -0.25) is 14.9 Å². The molecule has 0 aliphatic rings. The number of fused-ring (bicyclic) bond motifs is 1. The molecule has 0 saturated heterocycles. The lowest BCUT2D eigenvalue weighted by molar-refractivity contribution is -0.384. The standard InChI is InChI=1S/C33H38N6O3S/c1-4-17-35-33(43)37(21-27-11-8-10-26-9-6-7-12-30(26)27)22-31(24(3)5-2)36-32(40)18-29-19-34-23-38(29)20-25-13-15-28(16-14-25)39(41)42/h4,6-16,19,23-24,31H,1,5,17-18,20-22H2,2-3H3,(H,35,43)(H,36,40)/t24-,31+/m0/s1. The minimum atomic E-state index is -0.421. The summed E-state index contributed by atoms with van der Waals surface area (Å²) >= 11 is 5.82. The first kappa shape index (κ1) is 31.4. The predicted molar refractivity (Wildman–Crippen MR) is 175 cm³/mol. The van der Waals surface area contributed by atoms with E-state index in [1.807, 2.05) is 16.7 Å². The quantitative estimate of drug-likeness (QED) is 0.0839. The van der Waals surface area contributed by atoms with Crippen LogP contribution in [-0.4, -0.2) is 49.5 Å². The Kier molecular flexibility index (Phi) is 11.0. The number of non-ortho nitro benzene ring substituents is 1. The molecule has 0 unspecified atom stereocenters. The first-order chi connectivity index (χ1) is 20.8. The van der Waals surface area contributed by atoms with Gasteiger partial charge in [-0.2, -0.15) is 0 Å². The molecular weight excluding hydrogens is 560 g/mol.